The number of para-hydroxylation sites is 1. The van der Waals surface area contributed by atoms with Crippen LogP contribution in [-0.2, 0) is 4.79 Å². The Morgan fingerprint density at radius 3 is 2.52 bits per heavy atom. The summed E-state index contributed by atoms with van der Waals surface area (Å²) in [6.07, 6.45) is -4.38. The fraction of sp³-hybridized carbons (Fsp3) is 0.588. The van der Waals surface area contributed by atoms with Crippen LogP contribution in [-0.4, -0.2) is 62.4 Å². The highest BCUT2D eigenvalue weighted by atomic mass is 19.4. The van der Waals surface area contributed by atoms with Crippen molar-refractivity contribution in [1.29, 1.82) is 0 Å². The summed E-state index contributed by atoms with van der Waals surface area (Å²) in [5, 5.41) is 5.45. The van der Waals surface area contributed by atoms with Crippen LogP contribution in [0.15, 0.2) is 30.3 Å². The Morgan fingerprint density at radius 1 is 1.28 bits per heavy atom. The predicted molar refractivity (Wildman–Crippen MR) is 88.4 cm³/mol. The zero-order valence-corrected chi connectivity index (χ0v) is 14.2. The molecule has 0 aromatic heterocycles. The molecular formula is C17H24F3N3O2. The zero-order chi connectivity index (χ0) is 18.3. The SMILES string of the molecule is CC(COc1ccccc1)C(=O)NCC(N1CCNCC1)C(F)(F)F. The minimum absolute atomic E-state index is 0.111. The third-order valence-corrected chi connectivity index (χ3v) is 4.13. The molecule has 0 saturated carbocycles. The molecule has 1 aromatic carbocycles. The van der Waals surface area contributed by atoms with Gasteiger partial charge in [0.05, 0.1) is 12.5 Å². The molecule has 2 atom stereocenters. The van der Waals surface area contributed by atoms with Gasteiger partial charge in [0.2, 0.25) is 5.91 Å². The van der Waals surface area contributed by atoms with Crippen molar-refractivity contribution in [2.75, 3.05) is 39.3 Å². The van der Waals surface area contributed by atoms with Gasteiger partial charge >= 0.3 is 6.18 Å². The smallest absolute Gasteiger partial charge is 0.405 e. The molecule has 0 radical (unpaired) electrons. The van der Waals surface area contributed by atoms with Crippen LogP contribution in [0.5, 0.6) is 5.75 Å². The number of hydrogen-bond donors (Lipinski definition) is 2. The van der Waals surface area contributed by atoms with Crippen LogP contribution < -0.4 is 15.4 Å². The van der Waals surface area contributed by atoms with Gasteiger partial charge in [-0.15, -0.1) is 0 Å². The summed E-state index contributed by atoms with van der Waals surface area (Å²) >= 11 is 0. The van der Waals surface area contributed by atoms with Crippen molar-refractivity contribution in [2.24, 2.45) is 5.92 Å². The third kappa shape index (κ3) is 6.21. The lowest BCUT2D eigenvalue weighted by Gasteiger charge is -2.36. The molecule has 0 aliphatic carbocycles. The summed E-state index contributed by atoms with van der Waals surface area (Å²) < 4.78 is 45.3. The first-order valence-electron chi connectivity index (χ1n) is 8.35. The number of carbonyl (C=O) groups excluding carboxylic acids is 1. The van der Waals surface area contributed by atoms with Gasteiger partial charge in [-0.2, -0.15) is 13.2 Å². The summed E-state index contributed by atoms with van der Waals surface area (Å²) in [6, 6.07) is 7.31. The average molecular weight is 359 g/mol. The van der Waals surface area contributed by atoms with E-state index in [0.29, 0.717) is 31.9 Å². The number of alkyl halides is 3. The summed E-state index contributed by atoms with van der Waals surface area (Å²) in [5.41, 5.74) is 0. The average Bonchev–Trinajstić information content (AvgIpc) is 2.60. The van der Waals surface area contributed by atoms with Gasteiger partial charge in [-0.1, -0.05) is 25.1 Å². The number of nitrogens with one attached hydrogen (secondary N) is 2. The second-order valence-corrected chi connectivity index (χ2v) is 6.11. The maximum atomic E-state index is 13.3. The van der Waals surface area contributed by atoms with Gasteiger partial charge in [0.1, 0.15) is 11.8 Å². The number of halogens is 3. The lowest BCUT2D eigenvalue weighted by molar-refractivity contribution is -0.184. The van der Waals surface area contributed by atoms with Crippen LogP contribution in [0.4, 0.5) is 13.2 Å². The maximum absolute atomic E-state index is 13.3. The van der Waals surface area contributed by atoms with E-state index in [2.05, 4.69) is 10.6 Å². The molecule has 1 aromatic rings. The highest BCUT2D eigenvalue weighted by Gasteiger charge is 2.43. The Morgan fingerprint density at radius 2 is 1.92 bits per heavy atom. The monoisotopic (exact) mass is 359 g/mol. The first-order chi connectivity index (χ1) is 11.9. The van der Waals surface area contributed by atoms with Crippen LogP contribution in [0, 0.1) is 5.92 Å². The van der Waals surface area contributed by atoms with Crippen molar-refractivity contribution in [3.05, 3.63) is 30.3 Å². The van der Waals surface area contributed by atoms with Crippen molar-refractivity contribution in [2.45, 2.75) is 19.1 Å². The van der Waals surface area contributed by atoms with Gasteiger partial charge in [-0.3, -0.25) is 9.69 Å². The zero-order valence-electron chi connectivity index (χ0n) is 14.2. The molecule has 1 heterocycles. The van der Waals surface area contributed by atoms with Gasteiger partial charge in [-0.25, -0.2) is 0 Å². The molecule has 1 amide bonds. The van der Waals surface area contributed by atoms with Gasteiger partial charge in [-0.05, 0) is 12.1 Å². The Bertz CT molecular complexity index is 534. The summed E-state index contributed by atoms with van der Waals surface area (Å²) in [4.78, 5) is 13.5. The number of carbonyl (C=O) groups is 1. The van der Waals surface area contributed by atoms with Crippen LogP contribution in [0.3, 0.4) is 0 Å². The first-order valence-corrected chi connectivity index (χ1v) is 8.35. The van der Waals surface area contributed by atoms with E-state index in [1.165, 1.54) is 4.90 Å². The number of hydrogen-bond acceptors (Lipinski definition) is 4. The largest absolute Gasteiger partial charge is 0.493 e. The first kappa shape index (κ1) is 19.5. The van der Waals surface area contributed by atoms with Gasteiger partial charge in [0, 0.05) is 32.7 Å². The molecule has 140 valence electrons. The topological polar surface area (TPSA) is 53.6 Å². The van der Waals surface area contributed by atoms with Crippen LogP contribution in [0.25, 0.3) is 0 Å². The van der Waals surface area contributed by atoms with E-state index in [-0.39, 0.29) is 6.61 Å². The van der Waals surface area contributed by atoms with E-state index in [9.17, 15) is 18.0 Å². The number of ether oxygens (including phenoxy) is 1. The molecule has 1 aliphatic rings. The minimum atomic E-state index is -4.38. The lowest BCUT2D eigenvalue weighted by Crippen LogP contribution is -2.57. The fourth-order valence-corrected chi connectivity index (χ4v) is 2.63. The second kappa shape index (κ2) is 9.05. The number of rotatable bonds is 7. The number of nitrogens with zero attached hydrogens (tertiary/aromatic N) is 1. The summed E-state index contributed by atoms with van der Waals surface area (Å²) in [5.74, 6) is -0.367. The van der Waals surface area contributed by atoms with Crippen LogP contribution in [0.2, 0.25) is 0 Å². The summed E-state index contributed by atoms with van der Waals surface area (Å²) in [7, 11) is 0. The number of benzene rings is 1. The molecule has 5 nitrogen and oxygen atoms in total. The normalized spacial score (nSPS) is 18.4. The van der Waals surface area contributed by atoms with Crippen LogP contribution in [0.1, 0.15) is 6.92 Å². The van der Waals surface area contributed by atoms with Crippen molar-refractivity contribution in [3.8, 4) is 5.75 Å². The molecule has 2 N–H and O–H groups in total. The second-order valence-electron chi connectivity index (χ2n) is 6.11. The van der Waals surface area contributed by atoms with Crippen LogP contribution >= 0.6 is 0 Å². The molecule has 25 heavy (non-hydrogen) atoms. The quantitative estimate of drug-likeness (QED) is 0.777. The van der Waals surface area contributed by atoms with Crippen molar-refractivity contribution < 1.29 is 22.7 Å². The molecule has 2 unspecified atom stereocenters. The Hall–Kier alpha value is -1.80. The van der Waals surface area contributed by atoms with E-state index >= 15 is 0 Å². The van der Waals surface area contributed by atoms with Gasteiger partial charge in [0.25, 0.3) is 0 Å². The van der Waals surface area contributed by atoms with E-state index in [1.807, 2.05) is 18.2 Å². The predicted octanol–water partition coefficient (Wildman–Crippen LogP) is 1.65. The van der Waals surface area contributed by atoms with Gasteiger partial charge in [0.15, 0.2) is 0 Å². The summed E-state index contributed by atoms with van der Waals surface area (Å²) in [6.45, 7) is 2.95. The number of amides is 1. The Kier molecular flexibility index (Phi) is 7.07. The molecular weight excluding hydrogens is 335 g/mol. The molecule has 2 rings (SSSR count). The Balaban J connectivity index is 1.82. The molecule has 1 fully saturated rings. The lowest BCUT2D eigenvalue weighted by atomic mass is 10.1. The molecule has 1 aliphatic heterocycles. The molecule has 0 spiro atoms. The molecule has 8 heteroatoms. The van der Waals surface area contributed by atoms with E-state index in [0.717, 1.165) is 0 Å². The fourth-order valence-electron chi connectivity index (χ4n) is 2.63. The van der Waals surface area contributed by atoms with Gasteiger partial charge < -0.3 is 15.4 Å². The van der Waals surface area contributed by atoms with Crippen molar-refractivity contribution in [1.82, 2.24) is 15.5 Å². The van der Waals surface area contributed by atoms with Crippen molar-refractivity contribution >= 4 is 5.91 Å². The minimum Gasteiger partial charge on any atom is -0.493 e. The highest BCUT2D eigenvalue weighted by molar-refractivity contribution is 5.78. The maximum Gasteiger partial charge on any atom is 0.405 e. The number of piperazine rings is 1. The van der Waals surface area contributed by atoms with E-state index in [4.69, 9.17) is 4.74 Å². The third-order valence-electron chi connectivity index (χ3n) is 4.13. The Labute approximate surface area is 145 Å². The van der Waals surface area contributed by atoms with E-state index < -0.39 is 30.6 Å². The molecule has 1 saturated heterocycles. The standard InChI is InChI=1S/C17H24F3N3O2/c1-13(12-25-14-5-3-2-4-6-14)16(24)22-11-15(17(18,19)20)23-9-7-21-8-10-23/h2-6,13,15,21H,7-12H2,1H3,(H,22,24). The van der Waals surface area contributed by atoms with Crippen molar-refractivity contribution in [3.63, 3.8) is 0 Å². The highest BCUT2D eigenvalue weighted by Crippen LogP contribution is 2.24. The van der Waals surface area contributed by atoms with E-state index in [1.54, 1.807) is 19.1 Å². The molecule has 0 bridgehead atoms.